The second-order valence-corrected chi connectivity index (χ2v) is 10.5. The van der Waals surface area contributed by atoms with Crippen LogP contribution in [0.25, 0.3) is 10.8 Å². The molecule has 0 aromatic heterocycles. The van der Waals surface area contributed by atoms with Crippen LogP contribution in [-0.2, 0) is 15.9 Å². The summed E-state index contributed by atoms with van der Waals surface area (Å²) >= 11 is 0. The van der Waals surface area contributed by atoms with E-state index in [0.717, 1.165) is 10.8 Å². The van der Waals surface area contributed by atoms with E-state index in [4.69, 9.17) is 4.55 Å². The minimum atomic E-state index is -3.95. The monoisotopic (exact) mass is 464 g/mol. The second-order valence-electron chi connectivity index (χ2n) is 9.06. The van der Waals surface area contributed by atoms with E-state index in [-0.39, 0.29) is 5.75 Å². The molecule has 0 aliphatic carbocycles. The van der Waals surface area contributed by atoms with Gasteiger partial charge in [-0.1, -0.05) is 95.8 Å². The largest absolute Gasteiger partial charge is 0.324 e. The lowest BCUT2D eigenvalue weighted by atomic mass is 10.1. The molecule has 0 bridgehead atoms. The maximum atomic E-state index is 10.7. The first-order chi connectivity index (χ1) is 15.3. The first kappa shape index (κ1) is 28.6. The van der Waals surface area contributed by atoms with Crippen molar-refractivity contribution in [1.82, 2.24) is 0 Å². The summed E-state index contributed by atoms with van der Waals surface area (Å²) in [7, 11) is -3.95. The summed E-state index contributed by atoms with van der Waals surface area (Å²) in [5.74, 6) is -0.335. The van der Waals surface area contributed by atoms with Gasteiger partial charge in [0.25, 0.3) is 10.1 Å². The molecule has 0 spiro atoms. The molecule has 0 saturated heterocycles. The standard InChI is InChI=1S/C16H36N.C11H10O3S/c1-5-9-13-17(14-10-6-2,15-11-7-3)16-12-8-4;12-15(13,14)8-9-5-6-10-3-1-2-4-11(10)7-9/h5-16H2,1-4H3;1-7H,8H2,(H,12,13,14)/q+1;. The quantitative estimate of drug-likeness (QED) is 0.237. The summed E-state index contributed by atoms with van der Waals surface area (Å²) in [6, 6.07) is 13.0. The smallest absolute Gasteiger partial charge is 0.269 e. The number of quaternary nitrogens is 1. The topological polar surface area (TPSA) is 54.4 Å². The van der Waals surface area contributed by atoms with Gasteiger partial charge < -0.3 is 4.48 Å². The lowest BCUT2D eigenvalue weighted by Crippen LogP contribution is -2.50. The predicted octanol–water partition coefficient (Wildman–Crippen LogP) is 7.23. The van der Waals surface area contributed by atoms with Crippen LogP contribution in [-0.4, -0.2) is 43.6 Å². The van der Waals surface area contributed by atoms with Gasteiger partial charge in [-0.15, -0.1) is 0 Å². The van der Waals surface area contributed by atoms with E-state index < -0.39 is 10.1 Å². The number of hydrogen-bond acceptors (Lipinski definition) is 2. The fourth-order valence-corrected chi connectivity index (χ4v) is 4.78. The first-order valence-corrected chi connectivity index (χ1v) is 14.2. The number of hydrogen-bond donors (Lipinski definition) is 1. The molecule has 0 unspecified atom stereocenters. The molecule has 0 atom stereocenters. The zero-order chi connectivity index (χ0) is 23.9. The number of benzene rings is 2. The molecule has 2 aromatic rings. The van der Waals surface area contributed by atoms with Crippen molar-refractivity contribution in [3.63, 3.8) is 0 Å². The number of rotatable bonds is 14. The molecule has 32 heavy (non-hydrogen) atoms. The Morgan fingerprint density at radius 1 is 0.688 bits per heavy atom. The molecule has 4 nitrogen and oxygen atoms in total. The number of fused-ring (bicyclic) bond motifs is 1. The van der Waals surface area contributed by atoms with Crippen molar-refractivity contribution in [3.8, 4) is 0 Å². The van der Waals surface area contributed by atoms with Crippen molar-refractivity contribution in [2.24, 2.45) is 0 Å². The molecule has 0 heterocycles. The molecule has 182 valence electrons. The molecule has 0 aliphatic rings. The summed E-state index contributed by atoms with van der Waals surface area (Å²) in [4.78, 5) is 0. The van der Waals surface area contributed by atoms with Crippen LogP contribution in [0.4, 0.5) is 0 Å². The van der Waals surface area contributed by atoms with Crippen LogP contribution in [0.2, 0.25) is 0 Å². The summed E-state index contributed by atoms with van der Waals surface area (Å²) < 4.78 is 31.5. The molecular weight excluding hydrogens is 418 g/mol. The molecule has 1 N–H and O–H groups in total. The van der Waals surface area contributed by atoms with E-state index in [9.17, 15) is 8.42 Å². The third-order valence-electron chi connectivity index (χ3n) is 6.11. The molecule has 0 amide bonds. The van der Waals surface area contributed by atoms with Crippen LogP contribution in [0.5, 0.6) is 0 Å². The van der Waals surface area contributed by atoms with Crippen molar-refractivity contribution in [2.75, 3.05) is 26.2 Å². The Hall–Kier alpha value is -1.43. The zero-order valence-electron chi connectivity index (χ0n) is 20.9. The summed E-state index contributed by atoms with van der Waals surface area (Å²) in [6.45, 7) is 15.0. The van der Waals surface area contributed by atoms with Gasteiger partial charge in [0.15, 0.2) is 0 Å². The fraction of sp³-hybridized carbons (Fsp3) is 0.630. The Bertz CT molecular complexity index is 827. The average molecular weight is 465 g/mol. The van der Waals surface area contributed by atoms with E-state index >= 15 is 0 Å². The minimum absolute atomic E-state index is 0.335. The maximum Gasteiger partial charge on any atom is 0.269 e. The molecule has 0 radical (unpaired) electrons. The molecule has 0 fully saturated rings. The van der Waals surface area contributed by atoms with Gasteiger partial charge in [-0.05, 0) is 42.0 Å². The maximum absolute atomic E-state index is 10.7. The van der Waals surface area contributed by atoms with Crippen molar-refractivity contribution in [2.45, 2.75) is 84.8 Å². The van der Waals surface area contributed by atoms with Gasteiger partial charge in [-0.25, -0.2) is 0 Å². The van der Waals surface area contributed by atoms with Crippen molar-refractivity contribution in [3.05, 3.63) is 48.0 Å². The number of nitrogens with zero attached hydrogens (tertiary/aromatic N) is 1. The fourth-order valence-electron chi connectivity index (χ4n) is 4.18. The highest BCUT2D eigenvalue weighted by Crippen LogP contribution is 2.17. The Morgan fingerprint density at radius 3 is 1.53 bits per heavy atom. The molecule has 0 aliphatic heterocycles. The third-order valence-corrected chi connectivity index (χ3v) is 6.81. The van der Waals surface area contributed by atoms with Gasteiger partial charge in [-0.2, -0.15) is 8.42 Å². The van der Waals surface area contributed by atoms with Gasteiger partial charge in [0, 0.05) is 0 Å². The van der Waals surface area contributed by atoms with Crippen LogP contribution in [0.15, 0.2) is 42.5 Å². The second kappa shape index (κ2) is 15.4. The third kappa shape index (κ3) is 11.4. The average Bonchev–Trinajstić information content (AvgIpc) is 2.77. The van der Waals surface area contributed by atoms with E-state index in [1.165, 1.54) is 82.0 Å². The molecule has 2 rings (SSSR count). The Balaban J connectivity index is 0.000000321. The first-order valence-electron chi connectivity index (χ1n) is 12.6. The SMILES string of the molecule is CCCC[N+](CCCC)(CCCC)CCCC.O=S(=O)(O)Cc1ccc2ccccc2c1. The van der Waals surface area contributed by atoms with Crippen LogP contribution in [0.3, 0.4) is 0 Å². The molecule has 5 heteroatoms. The summed E-state index contributed by atoms with van der Waals surface area (Å²) in [5, 5.41) is 2.02. The summed E-state index contributed by atoms with van der Waals surface area (Å²) in [6.07, 6.45) is 11.1. The van der Waals surface area contributed by atoms with Gasteiger partial charge >= 0.3 is 0 Å². The lowest BCUT2D eigenvalue weighted by molar-refractivity contribution is -0.929. The summed E-state index contributed by atoms with van der Waals surface area (Å²) in [5.41, 5.74) is 0.594. The van der Waals surface area contributed by atoms with Crippen LogP contribution < -0.4 is 0 Å². The molecular formula is C27H46NO3S+. The highest BCUT2D eigenvalue weighted by molar-refractivity contribution is 7.85. The normalized spacial score (nSPS) is 11.9. The van der Waals surface area contributed by atoms with Crippen molar-refractivity contribution in [1.29, 1.82) is 0 Å². The van der Waals surface area contributed by atoms with Crippen LogP contribution in [0.1, 0.15) is 84.6 Å². The minimum Gasteiger partial charge on any atom is -0.324 e. The Labute approximate surface area is 197 Å². The van der Waals surface area contributed by atoms with E-state index in [1.54, 1.807) is 12.1 Å². The van der Waals surface area contributed by atoms with Gasteiger partial charge in [0.2, 0.25) is 0 Å². The zero-order valence-corrected chi connectivity index (χ0v) is 21.7. The van der Waals surface area contributed by atoms with Crippen molar-refractivity contribution >= 4 is 20.9 Å². The van der Waals surface area contributed by atoms with Crippen LogP contribution >= 0.6 is 0 Å². The highest BCUT2D eigenvalue weighted by Gasteiger charge is 2.24. The van der Waals surface area contributed by atoms with E-state index in [0.29, 0.717) is 5.56 Å². The van der Waals surface area contributed by atoms with E-state index in [1.807, 2.05) is 30.3 Å². The van der Waals surface area contributed by atoms with Gasteiger partial charge in [0.05, 0.1) is 26.2 Å². The van der Waals surface area contributed by atoms with Gasteiger partial charge in [-0.3, -0.25) is 4.55 Å². The highest BCUT2D eigenvalue weighted by atomic mass is 32.2. The lowest BCUT2D eigenvalue weighted by Gasteiger charge is -2.39. The number of unbranched alkanes of at least 4 members (excludes halogenated alkanes) is 4. The van der Waals surface area contributed by atoms with Crippen LogP contribution in [0, 0.1) is 0 Å². The predicted molar refractivity (Wildman–Crippen MR) is 139 cm³/mol. The Morgan fingerprint density at radius 2 is 1.12 bits per heavy atom. The molecule has 2 aromatic carbocycles. The van der Waals surface area contributed by atoms with Crippen molar-refractivity contribution < 1.29 is 17.5 Å². The molecule has 0 saturated carbocycles. The van der Waals surface area contributed by atoms with E-state index in [2.05, 4.69) is 27.7 Å². The Kier molecular flexibility index (Phi) is 13.8. The van der Waals surface area contributed by atoms with Gasteiger partial charge in [0.1, 0.15) is 5.75 Å².